The highest BCUT2D eigenvalue weighted by atomic mass is 79.9. The monoisotopic (exact) mass is 498 g/mol. The van der Waals surface area contributed by atoms with Crippen molar-refractivity contribution >= 4 is 84.2 Å². The van der Waals surface area contributed by atoms with E-state index < -0.39 is 4.92 Å². The summed E-state index contributed by atoms with van der Waals surface area (Å²) in [5.41, 5.74) is -0.0592. The fraction of sp³-hybridized carbons (Fsp3) is 0.182. The highest BCUT2D eigenvalue weighted by Crippen LogP contribution is 2.36. The van der Waals surface area contributed by atoms with E-state index in [2.05, 4.69) is 46.5 Å². The Hall–Kier alpha value is -0.690. The zero-order chi connectivity index (χ0) is 17.0. The number of hydrogen-bond donors (Lipinski definition) is 1. The van der Waals surface area contributed by atoms with E-state index in [9.17, 15) is 14.9 Å². The molecule has 1 N–H and O–H groups in total. The lowest BCUT2D eigenvalue weighted by Gasteiger charge is -2.08. The average molecular weight is 500 g/mol. The number of nitrogens with zero attached hydrogens (tertiary/aromatic N) is 3. The zero-order valence-corrected chi connectivity index (χ0v) is 17.0. The smallest absolute Gasteiger partial charge is 0.295 e. The van der Waals surface area contributed by atoms with Crippen molar-refractivity contribution in [3.8, 4) is 0 Å². The van der Waals surface area contributed by atoms with Crippen LogP contribution in [-0.4, -0.2) is 32.2 Å². The molecule has 0 unspecified atom stereocenters. The van der Waals surface area contributed by atoms with Gasteiger partial charge in [0, 0.05) is 15.0 Å². The Bertz CT molecular complexity index is 756. The first-order valence-electron chi connectivity index (χ1n) is 5.84. The van der Waals surface area contributed by atoms with Crippen LogP contribution >= 0.6 is 66.9 Å². The molecule has 1 amide bonds. The van der Waals surface area contributed by atoms with Gasteiger partial charge in [-0.2, -0.15) is 4.37 Å². The summed E-state index contributed by atoms with van der Waals surface area (Å²) in [7, 11) is 0. The highest BCUT2D eigenvalue weighted by Gasteiger charge is 2.20. The Labute approximate surface area is 160 Å². The summed E-state index contributed by atoms with van der Waals surface area (Å²) >= 11 is 10.3. The Morgan fingerprint density at radius 2 is 2.22 bits per heavy atom. The first-order valence-corrected chi connectivity index (χ1v) is 10.4. The maximum Gasteiger partial charge on any atom is 0.295 e. The summed E-state index contributed by atoms with van der Waals surface area (Å²) in [4.78, 5) is 26.8. The summed E-state index contributed by atoms with van der Waals surface area (Å²) in [6.45, 7) is 0. The number of nitro groups is 1. The summed E-state index contributed by atoms with van der Waals surface area (Å²) in [5.74, 6) is -0.273. The van der Waals surface area contributed by atoms with Crippen LogP contribution in [0.4, 0.5) is 11.4 Å². The third kappa shape index (κ3) is 5.14. The number of benzene rings is 1. The van der Waals surface area contributed by atoms with Gasteiger partial charge in [-0.05, 0) is 39.8 Å². The van der Waals surface area contributed by atoms with Crippen molar-refractivity contribution in [3.63, 3.8) is 0 Å². The Morgan fingerprint density at radius 3 is 2.83 bits per heavy atom. The maximum atomic E-state index is 12.0. The number of aromatic nitrogens is 2. The number of anilines is 1. The number of nitrogens with one attached hydrogen (secondary N) is 1. The number of rotatable bonds is 6. The van der Waals surface area contributed by atoms with Crippen LogP contribution < -0.4 is 5.32 Å². The number of thioether (sulfide) groups is 2. The molecule has 12 heteroatoms. The molecule has 0 spiro atoms. The molecule has 0 atom stereocenters. The van der Waals surface area contributed by atoms with Crippen molar-refractivity contribution in [1.29, 1.82) is 0 Å². The van der Waals surface area contributed by atoms with Gasteiger partial charge in [0.25, 0.3) is 5.69 Å². The molecule has 23 heavy (non-hydrogen) atoms. The summed E-state index contributed by atoms with van der Waals surface area (Å²) in [6.07, 6.45) is 1.87. The number of carbonyl (C=O) groups is 1. The van der Waals surface area contributed by atoms with Crippen LogP contribution in [0.15, 0.2) is 30.6 Å². The van der Waals surface area contributed by atoms with Gasteiger partial charge in [0.2, 0.25) is 11.1 Å². The van der Waals surface area contributed by atoms with E-state index in [1.807, 2.05) is 6.26 Å². The predicted molar refractivity (Wildman–Crippen MR) is 99.5 cm³/mol. The van der Waals surface area contributed by atoms with Gasteiger partial charge in [0.05, 0.1) is 10.7 Å². The van der Waals surface area contributed by atoms with Crippen LogP contribution in [0.3, 0.4) is 0 Å². The second kappa shape index (κ2) is 8.42. The molecule has 0 aliphatic carbocycles. The van der Waals surface area contributed by atoms with Crippen LogP contribution in [0.2, 0.25) is 0 Å². The van der Waals surface area contributed by atoms with E-state index in [0.717, 1.165) is 0 Å². The van der Waals surface area contributed by atoms with Crippen LogP contribution in [-0.2, 0) is 4.79 Å². The lowest BCUT2D eigenvalue weighted by molar-refractivity contribution is -0.384. The molecule has 0 aliphatic rings. The third-order valence-electron chi connectivity index (χ3n) is 2.39. The molecule has 0 saturated heterocycles. The van der Waals surface area contributed by atoms with E-state index in [0.29, 0.717) is 18.4 Å². The molecule has 1 heterocycles. The Balaban J connectivity index is 2.06. The first-order chi connectivity index (χ1) is 10.9. The molecule has 1 aromatic heterocycles. The molecule has 122 valence electrons. The van der Waals surface area contributed by atoms with E-state index in [4.69, 9.17) is 0 Å². The SMILES string of the molecule is CSc1nsc(SCC(=O)Nc2c(Br)cc(Br)cc2[N+](=O)[O-])n1. The molecule has 1 aromatic carbocycles. The van der Waals surface area contributed by atoms with E-state index in [1.165, 1.54) is 41.1 Å². The van der Waals surface area contributed by atoms with Crippen molar-refractivity contribution in [1.82, 2.24) is 9.36 Å². The molecule has 0 radical (unpaired) electrons. The van der Waals surface area contributed by atoms with Crippen LogP contribution in [0.25, 0.3) is 0 Å². The zero-order valence-electron chi connectivity index (χ0n) is 11.4. The molecule has 2 rings (SSSR count). The van der Waals surface area contributed by atoms with Crippen LogP contribution in [0.5, 0.6) is 0 Å². The molecule has 7 nitrogen and oxygen atoms in total. The summed E-state index contributed by atoms with van der Waals surface area (Å²) in [5, 5.41) is 14.3. The second-order valence-corrected chi connectivity index (χ2v) is 8.44. The maximum absolute atomic E-state index is 12.0. The van der Waals surface area contributed by atoms with Gasteiger partial charge in [-0.1, -0.05) is 39.5 Å². The molecule has 0 bridgehead atoms. The molecular weight excluding hydrogens is 492 g/mol. The lowest BCUT2D eigenvalue weighted by atomic mass is 10.2. The van der Waals surface area contributed by atoms with E-state index >= 15 is 0 Å². The van der Waals surface area contributed by atoms with E-state index in [1.54, 1.807) is 6.07 Å². The molecule has 0 fully saturated rings. The van der Waals surface area contributed by atoms with Gasteiger partial charge in [0.1, 0.15) is 5.69 Å². The normalized spacial score (nSPS) is 10.6. The standard InChI is InChI=1S/C11H8Br2N4O3S3/c1-21-10-15-11(23-16-10)22-4-8(18)14-9-6(13)2-5(12)3-7(9)17(19)20/h2-3H,4H2,1H3,(H,14,18). The van der Waals surface area contributed by atoms with Gasteiger partial charge in [0.15, 0.2) is 4.34 Å². The number of carbonyl (C=O) groups excluding carboxylic acids is 1. The topological polar surface area (TPSA) is 98.0 Å². The van der Waals surface area contributed by atoms with Crippen molar-refractivity contribution in [2.75, 3.05) is 17.3 Å². The van der Waals surface area contributed by atoms with Crippen LogP contribution in [0.1, 0.15) is 0 Å². The highest BCUT2D eigenvalue weighted by molar-refractivity contribution is 9.11. The summed E-state index contributed by atoms with van der Waals surface area (Å²) in [6, 6.07) is 2.97. The van der Waals surface area contributed by atoms with Gasteiger partial charge < -0.3 is 5.32 Å². The van der Waals surface area contributed by atoms with Crippen molar-refractivity contribution in [3.05, 3.63) is 31.2 Å². The largest absolute Gasteiger partial charge is 0.319 e. The second-order valence-electron chi connectivity index (χ2n) is 3.92. The van der Waals surface area contributed by atoms with Gasteiger partial charge in [-0.25, -0.2) is 4.98 Å². The van der Waals surface area contributed by atoms with Gasteiger partial charge >= 0.3 is 0 Å². The third-order valence-corrected chi connectivity index (χ3v) is 5.97. The fourth-order valence-electron chi connectivity index (χ4n) is 1.47. The minimum Gasteiger partial charge on any atom is -0.319 e. The van der Waals surface area contributed by atoms with Crippen molar-refractivity contribution < 1.29 is 9.72 Å². The number of nitro benzene ring substituents is 1. The summed E-state index contributed by atoms with van der Waals surface area (Å²) < 4.78 is 5.74. The van der Waals surface area contributed by atoms with Crippen LogP contribution in [0, 0.1) is 10.1 Å². The van der Waals surface area contributed by atoms with Crippen molar-refractivity contribution in [2.24, 2.45) is 0 Å². The van der Waals surface area contributed by atoms with Gasteiger partial charge in [-0.15, -0.1) is 0 Å². The molecular formula is C11H8Br2N4O3S3. The molecule has 0 aliphatic heterocycles. The fourth-order valence-corrected chi connectivity index (χ4v) is 4.78. The minimum absolute atomic E-state index is 0.0860. The number of halogens is 2. The van der Waals surface area contributed by atoms with E-state index in [-0.39, 0.29) is 23.0 Å². The number of amides is 1. The molecule has 2 aromatic rings. The lowest BCUT2D eigenvalue weighted by Crippen LogP contribution is -2.15. The number of hydrogen-bond acceptors (Lipinski definition) is 8. The minimum atomic E-state index is -0.548. The predicted octanol–water partition coefficient (Wildman–Crippen LogP) is 4.42. The quantitative estimate of drug-likeness (QED) is 0.356. The average Bonchev–Trinajstić information content (AvgIpc) is 2.95. The Morgan fingerprint density at radius 1 is 1.48 bits per heavy atom. The Kier molecular flexibility index (Phi) is 6.83. The van der Waals surface area contributed by atoms with Crippen molar-refractivity contribution in [2.45, 2.75) is 9.50 Å². The first kappa shape index (κ1) is 18.6. The van der Waals surface area contributed by atoms with Gasteiger partial charge in [-0.3, -0.25) is 14.9 Å². The molecule has 0 saturated carbocycles.